The van der Waals surface area contributed by atoms with E-state index in [9.17, 15) is 18.0 Å². The summed E-state index contributed by atoms with van der Waals surface area (Å²) in [6.07, 6.45) is 0. The fraction of sp³-hybridized carbons (Fsp3) is 0.143. The van der Waals surface area contributed by atoms with Gasteiger partial charge in [0.2, 0.25) is 0 Å². The fourth-order valence-corrected chi connectivity index (χ4v) is 1.51. The summed E-state index contributed by atoms with van der Waals surface area (Å²) in [7, 11) is 0. The lowest BCUT2D eigenvalue weighted by Gasteiger charge is -2.06. The van der Waals surface area contributed by atoms with Gasteiger partial charge < -0.3 is 9.47 Å². The van der Waals surface area contributed by atoms with Crippen LogP contribution in [-0.4, -0.2) is 17.6 Å². The number of carbonyl (C=O) groups excluding carboxylic acids is 1. The number of hydrogen-bond acceptors (Lipinski definition) is 4. The highest BCUT2D eigenvalue weighted by Crippen LogP contribution is 2.20. The van der Waals surface area contributed by atoms with Crippen LogP contribution < -0.4 is 9.47 Å². The van der Waals surface area contributed by atoms with E-state index in [2.05, 4.69) is 9.72 Å². The van der Waals surface area contributed by atoms with Crippen LogP contribution >= 0.6 is 0 Å². The van der Waals surface area contributed by atoms with E-state index in [1.165, 1.54) is 24.3 Å². The van der Waals surface area contributed by atoms with Gasteiger partial charge in [-0.15, -0.1) is 0 Å². The first-order valence-corrected chi connectivity index (χ1v) is 5.98. The number of pyridine rings is 1. The molecule has 0 aliphatic carbocycles. The second-order valence-corrected chi connectivity index (χ2v) is 3.90. The van der Waals surface area contributed by atoms with Gasteiger partial charge in [-0.1, -0.05) is 0 Å². The molecule has 1 aromatic heterocycles. The van der Waals surface area contributed by atoms with Crippen molar-refractivity contribution in [2.75, 3.05) is 6.61 Å². The Morgan fingerprint density at radius 3 is 2.43 bits per heavy atom. The van der Waals surface area contributed by atoms with Crippen molar-refractivity contribution >= 4 is 5.97 Å². The lowest BCUT2D eigenvalue weighted by atomic mass is 10.2. The first-order valence-electron chi connectivity index (χ1n) is 5.98. The first-order chi connectivity index (χ1) is 10.0. The van der Waals surface area contributed by atoms with Crippen LogP contribution in [0.4, 0.5) is 13.2 Å². The van der Waals surface area contributed by atoms with Gasteiger partial charge in [0.15, 0.2) is 11.6 Å². The van der Waals surface area contributed by atoms with E-state index in [1.807, 2.05) is 0 Å². The number of rotatable bonds is 4. The molecule has 0 amide bonds. The molecule has 0 N–H and O–H groups in total. The molecule has 0 radical (unpaired) electrons. The first kappa shape index (κ1) is 14.8. The third-order valence-electron chi connectivity index (χ3n) is 2.46. The summed E-state index contributed by atoms with van der Waals surface area (Å²) in [5.74, 6) is -5.58. The van der Waals surface area contributed by atoms with Gasteiger partial charge in [-0.25, -0.2) is 9.18 Å². The minimum Gasteiger partial charge on any atom is -0.494 e. The molecule has 4 nitrogen and oxygen atoms in total. The topological polar surface area (TPSA) is 48.4 Å². The van der Waals surface area contributed by atoms with E-state index >= 15 is 0 Å². The van der Waals surface area contributed by atoms with E-state index in [0.29, 0.717) is 18.4 Å². The molecular formula is C14H10F3NO3. The normalized spacial score (nSPS) is 10.3. The zero-order chi connectivity index (χ0) is 15.4. The Kier molecular flexibility index (Phi) is 4.42. The van der Waals surface area contributed by atoms with Crippen LogP contribution in [0.2, 0.25) is 0 Å². The molecule has 1 heterocycles. The minimum atomic E-state index is -1.60. The van der Waals surface area contributed by atoms with E-state index < -0.39 is 29.4 Å². The van der Waals surface area contributed by atoms with Crippen molar-refractivity contribution in [2.24, 2.45) is 0 Å². The lowest BCUT2D eigenvalue weighted by molar-refractivity contribution is 0.0724. The molecule has 0 saturated heterocycles. The number of esters is 1. The van der Waals surface area contributed by atoms with Crippen molar-refractivity contribution in [1.82, 2.24) is 4.98 Å². The average Bonchev–Trinajstić information content (AvgIpc) is 2.46. The second kappa shape index (κ2) is 6.25. The molecule has 1 aromatic carbocycles. The number of nitrogens with zero attached hydrogens (tertiary/aromatic N) is 1. The van der Waals surface area contributed by atoms with Crippen LogP contribution in [0.1, 0.15) is 17.3 Å². The largest absolute Gasteiger partial charge is 0.494 e. The summed E-state index contributed by atoms with van der Waals surface area (Å²) in [5, 5.41) is 0. The highest BCUT2D eigenvalue weighted by molar-refractivity contribution is 5.91. The van der Waals surface area contributed by atoms with Gasteiger partial charge in [-0.3, -0.25) is 0 Å². The Morgan fingerprint density at radius 1 is 1.14 bits per heavy atom. The Hall–Kier alpha value is -2.57. The maximum absolute atomic E-state index is 13.3. The van der Waals surface area contributed by atoms with Gasteiger partial charge in [-0.05, 0) is 31.2 Å². The molecule has 0 fully saturated rings. The minimum absolute atomic E-state index is 0.0996. The van der Waals surface area contributed by atoms with Gasteiger partial charge in [0.25, 0.3) is 11.9 Å². The monoisotopic (exact) mass is 297 g/mol. The molecule has 0 spiro atoms. The molecule has 0 atom stereocenters. The summed E-state index contributed by atoms with van der Waals surface area (Å²) in [4.78, 5) is 14.4. The molecule has 2 rings (SSSR count). The third-order valence-corrected chi connectivity index (χ3v) is 2.46. The molecule has 0 aliphatic heterocycles. The van der Waals surface area contributed by atoms with E-state index in [-0.39, 0.29) is 5.56 Å². The van der Waals surface area contributed by atoms with Crippen molar-refractivity contribution in [3.63, 3.8) is 0 Å². The maximum atomic E-state index is 13.3. The number of carbonyl (C=O) groups is 1. The molecule has 21 heavy (non-hydrogen) atoms. The molecule has 110 valence electrons. The summed E-state index contributed by atoms with van der Waals surface area (Å²) in [6, 6.07) is 6.28. The van der Waals surface area contributed by atoms with Crippen LogP contribution in [0.3, 0.4) is 0 Å². The van der Waals surface area contributed by atoms with Crippen LogP contribution in [-0.2, 0) is 0 Å². The van der Waals surface area contributed by atoms with Crippen molar-refractivity contribution in [3.05, 3.63) is 53.6 Å². The highest BCUT2D eigenvalue weighted by Gasteiger charge is 2.17. The molecule has 0 unspecified atom stereocenters. The Balaban J connectivity index is 2.16. The number of ether oxygens (including phenoxy) is 2. The van der Waals surface area contributed by atoms with Gasteiger partial charge in [0.05, 0.1) is 12.2 Å². The second-order valence-electron chi connectivity index (χ2n) is 3.90. The molecule has 0 saturated carbocycles. The quantitative estimate of drug-likeness (QED) is 0.642. The predicted octanol–water partition coefficient (Wildman–Crippen LogP) is 3.12. The van der Waals surface area contributed by atoms with E-state index in [0.717, 1.165) is 0 Å². The number of halogens is 3. The van der Waals surface area contributed by atoms with Gasteiger partial charge in [-0.2, -0.15) is 13.8 Å². The number of hydrogen-bond donors (Lipinski definition) is 0. The molecule has 0 bridgehead atoms. The van der Waals surface area contributed by atoms with Gasteiger partial charge in [0, 0.05) is 6.07 Å². The third kappa shape index (κ3) is 3.50. The molecule has 0 aliphatic rings. The SMILES string of the molecule is CCOc1ccc(C(=O)Oc2cc(F)c(F)nc2F)cc1. The molecule has 2 aromatic rings. The Bertz CT molecular complexity index is 659. The van der Waals surface area contributed by atoms with Crippen molar-refractivity contribution < 1.29 is 27.4 Å². The van der Waals surface area contributed by atoms with Crippen molar-refractivity contribution in [1.29, 1.82) is 0 Å². The Morgan fingerprint density at radius 2 is 1.81 bits per heavy atom. The smallest absolute Gasteiger partial charge is 0.343 e. The highest BCUT2D eigenvalue weighted by atomic mass is 19.2. The van der Waals surface area contributed by atoms with Crippen molar-refractivity contribution in [2.45, 2.75) is 6.92 Å². The molecule has 7 heteroatoms. The van der Waals surface area contributed by atoms with Crippen LogP contribution in [0, 0.1) is 17.7 Å². The summed E-state index contributed by atoms with van der Waals surface area (Å²) >= 11 is 0. The number of benzene rings is 1. The van der Waals surface area contributed by atoms with Gasteiger partial charge >= 0.3 is 5.97 Å². The summed E-state index contributed by atoms with van der Waals surface area (Å²) in [6.45, 7) is 2.27. The predicted molar refractivity (Wildman–Crippen MR) is 66.7 cm³/mol. The van der Waals surface area contributed by atoms with Gasteiger partial charge in [0.1, 0.15) is 5.75 Å². The van der Waals surface area contributed by atoms with Crippen molar-refractivity contribution in [3.8, 4) is 11.5 Å². The van der Waals surface area contributed by atoms with E-state index in [4.69, 9.17) is 4.74 Å². The summed E-state index contributed by atoms with van der Waals surface area (Å²) < 4.78 is 48.7. The standard InChI is InChI=1S/C14H10F3NO3/c1-2-20-9-5-3-8(4-6-9)14(19)21-11-7-10(15)12(16)18-13(11)17/h3-7H,2H2,1H3. The average molecular weight is 297 g/mol. The summed E-state index contributed by atoms with van der Waals surface area (Å²) in [5.41, 5.74) is 0.0996. The number of aromatic nitrogens is 1. The van der Waals surface area contributed by atoms with E-state index in [1.54, 1.807) is 6.92 Å². The lowest BCUT2D eigenvalue weighted by Crippen LogP contribution is -2.11. The van der Waals surface area contributed by atoms with Crippen LogP contribution in [0.5, 0.6) is 11.5 Å². The fourth-order valence-electron chi connectivity index (χ4n) is 1.51. The zero-order valence-electron chi connectivity index (χ0n) is 10.9. The zero-order valence-corrected chi connectivity index (χ0v) is 10.9. The maximum Gasteiger partial charge on any atom is 0.343 e. The van der Waals surface area contributed by atoms with Crippen LogP contribution in [0.25, 0.3) is 0 Å². The van der Waals surface area contributed by atoms with Crippen LogP contribution in [0.15, 0.2) is 30.3 Å². The Labute approximate surface area is 118 Å². The molecular weight excluding hydrogens is 287 g/mol.